The van der Waals surface area contributed by atoms with Crippen LogP contribution in [0.25, 0.3) is 17.0 Å². The van der Waals surface area contributed by atoms with E-state index in [-0.39, 0.29) is 39.5 Å². The topological polar surface area (TPSA) is 54.0 Å². The summed E-state index contributed by atoms with van der Waals surface area (Å²) < 4.78 is 3.57. The first-order valence-electron chi connectivity index (χ1n) is 5.27. The molecule has 5 nitrogen and oxygen atoms in total. The van der Waals surface area contributed by atoms with Gasteiger partial charge in [-0.3, -0.25) is 9.78 Å². The van der Waals surface area contributed by atoms with Crippen molar-refractivity contribution in [1.29, 1.82) is 0 Å². The van der Waals surface area contributed by atoms with Gasteiger partial charge < -0.3 is 22.0 Å². The Balaban J connectivity index is 0.000000902. The van der Waals surface area contributed by atoms with E-state index in [1.165, 1.54) is 0 Å². The molecule has 3 heterocycles. The molecule has 0 fully saturated rings. The number of imidazole rings is 1. The van der Waals surface area contributed by atoms with Crippen LogP contribution in [0.15, 0.2) is 47.8 Å². The number of H-pyrrole nitrogens is 1. The number of halogens is 2. The Morgan fingerprint density at radius 1 is 1.37 bits per heavy atom. The Morgan fingerprint density at radius 2 is 2.16 bits per heavy atom. The van der Waals surface area contributed by atoms with Crippen molar-refractivity contribution in [2.24, 2.45) is 7.05 Å². The Hall–Kier alpha value is -1.47. The lowest BCUT2D eigenvalue weighted by Crippen LogP contribution is -3.00. The first-order chi connectivity index (χ1) is 8.25. The molecule has 0 aromatic carbocycles. The summed E-state index contributed by atoms with van der Waals surface area (Å²) in [4.78, 5) is 19.0. The molecule has 0 bridgehead atoms. The molecule has 0 radical (unpaired) electrons. The molecule has 19 heavy (non-hydrogen) atoms. The van der Waals surface area contributed by atoms with Crippen LogP contribution in [0.1, 0.15) is 0 Å². The lowest BCUT2D eigenvalue weighted by Gasteiger charge is -1.98. The van der Waals surface area contributed by atoms with E-state index in [1.54, 1.807) is 15.2 Å². The van der Waals surface area contributed by atoms with E-state index in [1.807, 2.05) is 43.8 Å². The van der Waals surface area contributed by atoms with Gasteiger partial charge >= 0.3 is 11.2 Å². The van der Waals surface area contributed by atoms with Crippen molar-refractivity contribution in [2.75, 3.05) is 0 Å². The number of aromatic nitrogens is 4. The number of aryl methyl sites for hydroxylation is 1. The fourth-order valence-electron chi connectivity index (χ4n) is 1.88. The van der Waals surface area contributed by atoms with Crippen LogP contribution in [0.4, 0.5) is 0 Å². The molecule has 3 aromatic rings. The predicted octanol–water partition coefficient (Wildman–Crippen LogP) is -1.90. The third-order valence-electron chi connectivity index (χ3n) is 2.69. The second-order valence-electron chi connectivity index (χ2n) is 3.85. The highest BCUT2D eigenvalue weighted by Gasteiger charge is 2.13. The van der Waals surface area contributed by atoms with Gasteiger partial charge in [-0.1, -0.05) is 6.07 Å². The summed E-state index contributed by atoms with van der Waals surface area (Å²) >= 11 is 0. The number of fused-ring (bicyclic) bond motifs is 1. The van der Waals surface area contributed by atoms with E-state index in [9.17, 15) is 4.79 Å². The molecule has 0 saturated heterocycles. The van der Waals surface area contributed by atoms with Gasteiger partial charge in [0.15, 0.2) is 0 Å². The van der Waals surface area contributed by atoms with Gasteiger partial charge in [0.25, 0.3) is 0 Å². The third-order valence-corrected chi connectivity index (χ3v) is 2.69. The van der Waals surface area contributed by atoms with Gasteiger partial charge in [0.05, 0.1) is 12.7 Å². The van der Waals surface area contributed by atoms with Gasteiger partial charge in [0.1, 0.15) is 24.3 Å². The van der Waals surface area contributed by atoms with Gasteiger partial charge in [-0.2, -0.15) is 4.40 Å². The standard InChI is InChI=1S/C12H10N4O.2BrH/c1-15-6-7-16-8-10(14-11(17)12(15)16)9-4-2-3-5-13-9;;/h2-8H,1H3;2*1H. The molecule has 100 valence electrons. The second kappa shape index (κ2) is 6.12. The minimum atomic E-state index is -0.124. The van der Waals surface area contributed by atoms with Crippen LogP contribution in [-0.2, 0) is 7.05 Å². The SMILES string of the molecule is Br.C[n+]1ccn2cc(-c3ccccn3)[nH]c(=O)c21.[Br-]. The van der Waals surface area contributed by atoms with Gasteiger partial charge in [0, 0.05) is 6.20 Å². The van der Waals surface area contributed by atoms with Crippen molar-refractivity contribution in [1.82, 2.24) is 14.4 Å². The normalized spacial score (nSPS) is 9.74. The maximum absolute atomic E-state index is 11.9. The molecule has 0 aliphatic carbocycles. The summed E-state index contributed by atoms with van der Waals surface area (Å²) in [7, 11) is 1.84. The lowest BCUT2D eigenvalue weighted by molar-refractivity contribution is -0.645. The Labute approximate surface area is 130 Å². The van der Waals surface area contributed by atoms with Gasteiger partial charge in [-0.15, -0.1) is 17.0 Å². The van der Waals surface area contributed by atoms with E-state index >= 15 is 0 Å². The van der Waals surface area contributed by atoms with Crippen molar-refractivity contribution >= 4 is 22.6 Å². The molecule has 3 aromatic heterocycles. The lowest BCUT2D eigenvalue weighted by atomic mass is 10.3. The Kier molecular flexibility index (Phi) is 5.02. The fourth-order valence-corrected chi connectivity index (χ4v) is 1.88. The highest BCUT2D eigenvalue weighted by Crippen LogP contribution is 2.10. The molecule has 3 rings (SSSR count). The summed E-state index contributed by atoms with van der Waals surface area (Å²) in [6.45, 7) is 0. The smallest absolute Gasteiger partial charge is 0.352 e. The van der Waals surface area contributed by atoms with Gasteiger partial charge in [-0.05, 0) is 12.1 Å². The Morgan fingerprint density at radius 3 is 2.84 bits per heavy atom. The zero-order valence-electron chi connectivity index (χ0n) is 10.1. The van der Waals surface area contributed by atoms with Crippen LogP contribution < -0.4 is 27.1 Å². The number of hydrogen-bond donors (Lipinski definition) is 1. The van der Waals surface area contributed by atoms with Crippen LogP contribution in [0.3, 0.4) is 0 Å². The maximum Gasteiger partial charge on any atom is 0.352 e. The van der Waals surface area contributed by atoms with E-state index in [2.05, 4.69) is 9.97 Å². The number of hydrogen-bond acceptors (Lipinski definition) is 2. The number of pyridine rings is 1. The molecule has 0 spiro atoms. The number of aromatic amines is 1. The van der Waals surface area contributed by atoms with E-state index in [4.69, 9.17) is 0 Å². The van der Waals surface area contributed by atoms with Gasteiger partial charge in [0.2, 0.25) is 0 Å². The average Bonchev–Trinajstić information content (AvgIpc) is 2.73. The van der Waals surface area contributed by atoms with Crippen molar-refractivity contribution < 1.29 is 21.5 Å². The van der Waals surface area contributed by atoms with Crippen LogP contribution >= 0.6 is 17.0 Å². The zero-order valence-corrected chi connectivity index (χ0v) is 13.4. The molecule has 0 amide bonds. The van der Waals surface area contributed by atoms with Crippen LogP contribution in [-0.4, -0.2) is 14.4 Å². The maximum atomic E-state index is 11.9. The largest absolute Gasteiger partial charge is 1.00 e. The summed E-state index contributed by atoms with van der Waals surface area (Å²) in [5.41, 5.74) is 1.94. The zero-order chi connectivity index (χ0) is 11.8. The molecule has 0 atom stereocenters. The molecule has 0 saturated carbocycles. The quantitative estimate of drug-likeness (QED) is 0.496. The summed E-state index contributed by atoms with van der Waals surface area (Å²) in [5.74, 6) is 0. The Bertz CT molecular complexity index is 736. The predicted molar refractivity (Wildman–Crippen MR) is 72.7 cm³/mol. The van der Waals surface area contributed by atoms with Gasteiger partial charge in [-0.25, -0.2) is 4.57 Å². The van der Waals surface area contributed by atoms with E-state index in [0.717, 1.165) is 5.69 Å². The van der Waals surface area contributed by atoms with Crippen molar-refractivity contribution in [3.05, 3.63) is 53.3 Å². The minimum absolute atomic E-state index is 0. The first kappa shape index (κ1) is 15.6. The number of nitrogens with one attached hydrogen (secondary N) is 1. The second-order valence-corrected chi connectivity index (χ2v) is 3.85. The summed E-state index contributed by atoms with van der Waals surface area (Å²) in [6.07, 6.45) is 7.25. The van der Waals surface area contributed by atoms with Crippen molar-refractivity contribution in [2.45, 2.75) is 0 Å². The molecule has 0 unspecified atom stereocenters. The molecule has 1 N–H and O–H groups in total. The molecule has 0 aliphatic rings. The van der Waals surface area contributed by atoms with E-state index < -0.39 is 0 Å². The molecule has 7 heteroatoms. The monoisotopic (exact) mass is 386 g/mol. The summed E-state index contributed by atoms with van der Waals surface area (Å²) in [6, 6.07) is 5.59. The molecule has 0 aliphatic heterocycles. The number of nitrogens with zero attached hydrogens (tertiary/aromatic N) is 3. The fraction of sp³-hybridized carbons (Fsp3) is 0.0833. The van der Waals surface area contributed by atoms with Crippen LogP contribution in [0.5, 0.6) is 0 Å². The summed E-state index contributed by atoms with van der Waals surface area (Å²) in [5, 5.41) is 0. The number of rotatable bonds is 1. The first-order valence-corrected chi connectivity index (χ1v) is 5.27. The minimum Gasteiger partial charge on any atom is -1.00 e. The molecular weight excluding hydrogens is 376 g/mol. The molecular formula is C12H12Br2N4O. The highest BCUT2D eigenvalue weighted by molar-refractivity contribution is 8.93. The highest BCUT2D eigenvalue weighted by atomic mass is 79.9. The van der Waals surface area contributed by atoms with Crippen LogP contribution in [0, 0.1) is 0 Å². The van der Waals surface area contributed by atoms with Crippen LogP contribution in [0.2, 0.25) is 0 Å². The van der Waals surface area contributed by atoms with E-state index in [0.29, 0.717) is 11.3 Å². The van der Waals surface area contributed by atoms with Crippen molar-refractivity contribution in [3.8, 4) is 11.4 Å². The third kappa shape index (κ3) is 2.76. The van der Waals surface area contributed by atoms with Crippen molar-refractivity contribution in [3.63, 3.8) is 0 Å². The average molecular weight is 388 g/mol.